The van der Waals surface area contributed by atoms with Crippen LogP contribution in [-0.4, -0.2) is 10.8 Å². The molecule has 2 heterocycles. The SMILES string of the molecule is Cc1ccc(OCc2coc(-c3cccs3)n2)c2c1[C@H](C)CC2=O. The average molecular weight is 339 g/mol. The van der Waals surface area contributed by atoms with Crippen LogP contribution < -0.4 is 4.74 Å². The first-order valence-corrected chi connectivity index (χ1v) is 8.79. The summed E-state index contributed by atoms with van der Waals surface area (Å²) in [4.78, 5) is 17.7. The van der Waals surface area contributed by atoms with E-state index in [9.17, 15) is 4.79 Å². The molecule has 5 heteroatoms. The molecule has 0 saturated carbocycles. The van der Waals surface area contributed by atoms with Crippen LogP contribution in [0, 0.1) is 6.92 Å². The van der Waals surface area contributed by atoms with Crippen molar-refractivity contribution >= 4 is 17.1 Å². The maximum absolute atomic E-state index is 12.3. The quantitative estimate of drug-likeness (QED) is 0.672. The second-order valence-electron chi connectivity index (χ2n) is 6.11. The van der Waals surface area contributed by atoms with Gasteiger partial charge in [-0.15, -0.1) is 11.3 Å². The van der Waals surface area contributed by atoms with Crippen LogP contribution in [0.4, 0.5) is 0 Å². The van der Waals surface area contributed by atoms with E-state index < -0.39 is 0 Å². The average Bonchev–Trinajstić information content (AvgIpc) is 3.28. The number of fused-ring (bicyclic) bond motifs is 1. The Hall–Kier alpha value is -2.40. The zero-order valence-electron chi connectivity index (χ0n) is 13.5. The van der Waals surface area contributed by atoms with Crippen LogP contribution in [0.5, 0.6) is 5.75 Å². The fourth-order valence-corrected chi connectivity index (χ4v) is 3.92. The van der Waals surface area contributed by atoms with E-state index in [0.29, 0.717) is 23.8 Å². The minimum Gasteiger partial charge on any atom is -0.486 e. The Balaban J connectivity index is 1.56. The van der Waals surface area contributed by atoms with Gasteiger partial charge in [-0.05, 0) is 41.5 Å². The van der Waals surface area contributed by atoms with E-state index in [1.807, 2.05) is 36.6 Å². The maximum atomic E-state index is 12.3. The van der Waals surface area contributed by atoms with E-state index in [4.69, 9.17) is 9.15 Å². The summed E-state index contributed by atoms with van der Waals surface area (Å²) in [7, 11) is 0. The summed E-state index contributed by atoms with van der Waals surface area (Å²) in [6.07, 6.45) is 2.16. The van der Waals surface area contributed by atoms with Crippen LogP contribution >= 0.6 is 11.3 Å². The monoisotopic (exact) mass is 339 g/mol. The second kappa shape index (κ2) is 5.91. The fourth-order valence-electron chi connectivity index (χ4n) is 3.27. The van der Waals surface area contributed by atoms with Gasteiger partial charge in [0.15, 0.2) is 5.78 Å². The molecule has 24 heavy (non-hydrogen) atoms. The van der Waals surface area contributed by atoms with Gasteiger partial charge in [-0.25, -0.2) is 4.98 Å². The molecule has 0 aliphatic heterocycles. The summed E-state index contributed by atoms with van der Waals surface area (Å²) in [6.45, 7) is 4.42. The number of carbonyl (C=O) groups is 1. The molecule has 1 aromatic carbocycles. The van der Waals surface area contributed by atoms with Gasteiger partial charge in [0, 0.05) is 6.42 Å². The Morgan fingerprint density at radius 2 is 2.25 bits per heavy atom. The number of rotatable bonds is 4. The van der Waals surface area contributed by atoms with Crippen molar-refractivity contribution < 1.29 is 13.9 Å². The lowest BCUT2D eigenvalue weighted by atomic mass is 9.97. The highest BCUT2D eigenvalue weighted by Crippen LogP contribution is 2.40. The normalized spacial score (nSPS) is 16.4. The van der Waals surface area contributed by atoms with Gasteiger partial charge in [-0.3, -0.25) is 4.79 Å². The highest BCUT2D eigenvalue weighted by Gasteiger charge is 2.31. The van der Waals surface area contributed by atoms with Crippen molar-refractivity contribution in [2.75, 3.05) is 0 Å². The summed E-state index contributed by atoms with van der Waals surface area (Å²) in [5, 5.41) is 1.98. The standard InChI is InChI=1S/C19H17NO3S/c1-11-5-6-15(18-14(21)8-12(2)17(11)18)22-9-13-10-23-19(20-13)16-4-3-7-24-16/h3-7,10,12H,8-9H2,1-2H3/t12-/m1/s1. The number of hydrogen-bond acceptors (Lipinski definition) is 5. The van der Waals surface area contributed by atoms with Crippen LogP contribution in [0.25, 0.3) is 10.8 Å². The molecule has 1 atom stereocenters. The van der Waals surface area contributed by atoms with Gasteiger partial charge in [0.25, 0.3) is 0 Å². The summed E-state index contributed by atoms with van der Waals surface area (Å²) >= 11 is 1.58. The summed E-state index contributed by atoms with van der Waals surface area (Å²) < 4.78 is 11.4. The zero-order valence-corrected chi connectivity index (χ0v) is 14.4. The topological polar surface area (TPSA) is 52.3 Å². The smallest absolute Gasteiger partial charge is 0.236 e. The van der Waals surface area contributed by atoms with E-state index in [2.05, 4.69) is 11.9 Å². The Morgan fingerprint density at radius 1 is 1.38 bits per heavy atom. The van der Waals surface area contributed by atoms with Crippen molar-refractivity contribution in [2.24, 2.45) is 0 Å². The molecule has 1 aliphatic carbocycles. The Morgan fingerprint density at radius 3 is 3.04 bits per heavy atom. The lowest BCUT2D eigenvalue weighted by Gasteiger charge is -2.12. The van der Waals surface area contributed by atoms with Crippen molar-refractivity contribution in [1.29, 1.82) is 0 Å². The van der Waals surface area contributed by atoms with Gasteiger partial charge in [0.1, 0.15) is 24.3 Å². The number of ether oxygens (including phenoxy) is 1. The van der Waals surface area contributed by atoms with Crippen LogP contribution in [-0.2, 0) is 6.61 Å². The van der Waals surface area contributed by atoms with Crippen LogP contribution in [0.15, 0.2) is 40.3 Å². The van der Waals surface area contributed by atoms with E-state index in [0.717, 1.165) is 21.6 Å². The van der Waals surface area contributed by atoms with Crippen molar-refractivity contribution in [3.63, 3.8) is 0 Å². The largest absolute Gasteiger partial charge is 0.486 e. The molecule has 3 aromatic rings. The molecule has 0 amide bonds. The molecular weight excluding hydrogens is 322 g/mol. The molecule has 122 valence electrons. The van der Waals surface area contributed by atoms with Gasteiger partial charge >= 0.3 is 0 Å². The highest BCUT2D eigenvalue weighted by atomic mass is 32.1. The molecule has 0 radical (unpaired) electrons. The summed E-state index contributed by atoms with van der Waals surface area (Å²) in [5.41, 5.74) is 3.73. The lowest BCUT2D eigenvalue weighted by Crippen LogP contribution is -2.02. The predicted octanol–water partition coefficient (Wildman–Crippen LogP) is 4.98. The van der Waals surface area contributed by atoms with Gasteiger partial charge in [-0.2, -0.15) is 0 Å². The lowest BCUT2D eigenvalue weighted by molar-refractivity contribution is 0.0986. The van der Waals surface area contributed by atoms with Crippen molar-refractivity contribution in [3.05, 3.63) is 58.3 Å². The fraction of sp³-hybridized carbons (Fsp3) is 0.263. The maximum Gasteiger partial charge on any atom is 0.236 e. The highest BCUT2D eigenvalue weighted by molar-refractivity contribution is 7.13. The number of benzene rings is 1. The predicted molar refractivity (Wildman–Crippen MR) is 92.7 cm³/mol. The van der Waals surface area contributed by atoms with Crippen LogP contribution in [0.1, 0.15) is 46.4 Å². The molecule has 0 N–H and O–H groups in total. The first-order valence-electron chi connectivity index (χ1n) is 7.91. The summed E-state index contributed by atoms with van der Waals surface area (Å²) in [5.74, 6) is 1.66. The molecule has 4 nitrogen and oxygen atoms in total. The zero-order chi connectivity index (χ0) is 16.7. The molecule has 2 aromatic heterocycles. The second-order valence-corrected chi connectivity index (χ2v) is 7.06. The van der Waals surface area contributed by atoms with Gasteiger partial charge in [0.2, 0.25) is 5.89 Å². The van der Waals surface area contributed by atoms with E-state index in [1.165, 1.54) is 0 Å². The van der Waals surface area contributed by atoms with Gasteiger partial charge in [0.05, 0.1) is 10.4 Å². The first kappa shape index (κ1) is 15.1. The van der Waals surface area contributed by atoms with Crippen molar-refractivity contribution in [1.82, 2.24) is 4.98 Å². The number of Topliss-reactive ketones (excluding diaryl/α,β-unsaturated/α-hetero) is 1. The van der Waals surface area contributed by atoms with Gasteiger partial charge < -0.3 is 9.15 Å². The number of nitrogens with zero attached hydrogens (tertiary/aromatic N) is 1. The third kappa shape index (κ3) is 2.55. The Labute approximate surface area is 144 Å². The molecule has 0 unspecified atom stereocenters. The molecule has 0 spiro atoms. The minimum atomic E-state index is 0.163. The van der Waals surface area contributed by atoms with Crippen LogP contribution in [0.2, 0.25) is 0 Å². The number of aromatic nitrogens is 1. The van der Waals surface area contributed by atoms with Crippen molar-refractivity contribution in [3.8, 4) is 16.5 Å². The number of thiophene rings is 1. The molecule has 1 aliphatic rings. The van der Waals surface area contributed by atoms with Crippen molar-refractivity contribution in [2.45, 2.75) is 32.8 Å². The number of carbonyl (C=O) groups excluding carboxylic acids is 1. The summed E-state index contributed by atoms with van der Waals surface area (Å²) in [6, 6.07) is 7.82. The Bertz CT molecular complexity index is 895. The first-order chi connectivity index (χ1) is 11.6. The number of ketones is 1. The molecular formula is C19H17NO3S. The van der Waals surface area contributed by atoms with E-state index >= 15 is 0 Å². The number of hydrogen-bond donors (Lipinski definition) is 0. The third-order valence-electron chi connectivity index (χ3n) is 4.35. The molecule has 0 saturated heterocycles. The minimum absolute atomic E-state index is 0.163. The van der Waals surface area contributed by atoms with E-state index in [-0.39, 0.29) is 18.3 Å². The Kier molecular flexibility index (Phi) is 3.73. The number of oxazole rings is 1. The third-order valence-corrected chi connectivity index (χ3v) is 5.21. The molecule has 0 fully saturated rings. The number of aryl methyl sites for hydroxylation is 1. The molecule has 4 rings (SSSR count). The van der Waals surface area contributed by atoms with Crippen LogP contribution in [0.3, 0.4) is 0 Å². The molecule has 0 bridgehead atoms. The van der Waals surface area contributed by atoms with Gasteiger partial charge in [-0.1, -0.05) is 19.1 Å². The van der Waals surface area contributed by atoms with E-state index in [1.54, 1.807) is 17.6 Å².